The minimum absolute atomic E-state index is 0.0530. The van der Waals surface area contributed by atoms with E-state index in [1.54, 1.807) is 0 Å². The third kappa shape index (κ3) is 22.5. The molecular formula is C80H136N6O13. The normalized spacial score (nSPS) is 31.8. The fourth-order valence-corrected chi connectivity index (χ4v) is 21.5. The van der Waals surface area contributed by atoms with Crippen molar-refractivity contribution in [3.8, 4) is 0 Å². The number of allylic oxidation sites excluding steroid dienone is 2. The predicted molar refractivity (Wildman–Crippen MR) is 386 cm³/mol. The number of nitrogens with one attached hydrogen (secondary N) is 6. The number of unbranched alkanes of at least 4 members (excludes halogenated alkanes) is 2. The summed E-state index contributed by atoms with van der Waals surface area (Å²) in [6.07, 6.45) is 32.9. The van der Waals surface area contributed by atoms with Crippen LogP contribution in [0.3, 0.4) is 0 Å². The van der Waals surface area contributed by atoms with Gasteiger partial charge in [0.05, 0.1) is 51.8 Å². The van der Waals surface area contributed by atoms with Gasteiger partial charge in [-0.1, -0.05) is 84.6 Å². The van der Waals surface area contributed by atoms with Crippen LogP contribution in [0.1, 0.15) is 248 Å². The third-order valence-corrected chi connectivity index (χ3v) is 27.0. The summed E-state index contributed by atoms with van der Waals surface area (Å²) >= 11 is 0. The van der Waals surface area contributed by atoms with E-state index in [0.29, 0.717) is 119 Å². The molecule has 0 aromatic carbocycles. The summed E-state index contributed by atoms with van der Waals surface area (Å²) in [4.78, 5) is 77.3. The van der Waals surface area contributed by atoms with Gasteiger partial charge in [0.1, 0.15) is 13.2 Å². The van der Waals surface area contributed by atoms with Crippen molar-refractivity contribution in [3.05, 3.63) is 23.3 Å². The summed E-state index contributed by atoms with van der Waals surface area (Å²) in [5.74, 6) is 6.13. The average molecular weight is 1390 g/mol. The molecule has 8 aliphatic rings. The molecule has 9 N–H and O–H groups in total. The SMILES string of the molecule is CCCC(CO)CCCCNC(=O)C[C@H](CCCCNC(=O)COCCOCCNC(=O)CCC(C)[C@H]1CCC2C3CC=C4C[C@@H](O)CC[C@]4(C)C3CC[C@@]21C)NC(=O)CCCNC(=O)COCCOCCNC(=O)CCC(C)[C@H]1CCC2C3CC=C4C[C@@H](O)CC[C@]4(C)C3CC[C@@]21C. The number of hydrogen-bond donors (Lipinski definition) is 9. The number of aliphatic hydroxyl groups is 3. The van der Waals surface area contributed by atoms with E-state index in [0.717, 1.165) is 125 Å². The molecule has 0 radical (unpaired) electrons. The molecule has 0 aromatic rings. The zero-order chi connectivity index (χ0) is 71.0. The number of aliphatic hydroxyl groups excluding tert-OH is 3. The molecule has 8 rings (SSSR count). The Labute approximate surface area is 595 Å². The molecule has 6 fully saturated rings. The van der Waals surface area contributed by atoms with E-state index in [9.17, 15) is 44.1 Å². The summed E-state index contributed by atoms with van der Waals surface area (Å²) in [5.41, 5.74) is 4.21. The Balaban J connectivity index is 0.616. The molecule has 8 aliphatic carbocycles. The summed E-state index contributed by atoms with van der Waals surface area (Å²) in [7, 11) is 0. The van der Waals surface area contributed by atoms with Gasteiger partial charge < -0.3 is 66.2 Å². The van der Waals surface area contributed by atoms with Crippen LogP contribution in [-0.4, -0.2) is 161 Å². The van der Waals surface area contributed by atoms with Gasteiger partial charge in [-0.05, 0) is 247 Å². The second kappa shape index (κ2) is 39.8. The van der Waals surface area contributed by atoms with Crippen LogP contribution >= 0.6 is 0 Å². The van der Waals surface area contributed by atoms with Crippen molar-refractivity contribution >= 4 is 35.4 Å². The first-order valence-corrected chi connectivity index (χ1v) is 39.9. The summed E-state index contributed by atoms with van der Waals surface area (Å²) in [5, 5.41) is 48.3. The number of hydrogen-bond acceptors (Lipinski definition) is 13. The number of fused-ring (bicyclic) bond motifs is 10. The lowest BCUT2D eigenvalue weighted by Gasteiger charge is -2.58. The topological polar surface area (TPSA) is 272 Å². The van der Waals surface area contributed by atoms with Crippen LogP contribution < -0.4 is 31.9 Å². The van der Waals surface area contributed by atoms with Crippen molar-refractivity contribution < 1.29 is 63.0 Å². The molecule has 0 aliphatic heterocycles. The number of rotatable bonds is 44. The van der Waals surface area contributed by atoms with Crippen LogP contribution in [0.4, 0.5) is 0 Å². The van der Waals surface area contributed by atoms with Crippen molar-refractivity contribution in [1.29, 1.82) is 0 Å². The maximum atomic E-state index is 13.2. The van der Waals surface area contributed by atoms with E-state index in [1.807, 2.05) is 0 Å². The van der Waals surface area contributed by atoms with Crippen LogP contribution in [0, 0.1) is 86.8 Å². The lowest BCUT2D eigenvalue weighted by Crippen LogP contribution is -2.50. The van der Waals surface area contributed by atoms with Gasteiger partial charge in [0.2, 0.25) is 35.4 Å². The molecule has 99 heavy (non-hydrogen) atoms. The van der Waals surface area contributed by atoms with Gasteiger partial charge in [-0.15, -0.1) is 0 Å². The van der Waals surface area contributed by atoms with Crippen molar-refractivity contribution in [1.82, 2.24) is 31.9 Å². The highest BCUT2D eigenvalue weighted by molar-refractivity contribution is 5.80. The highest BCUT2D eigenvalue weighted by Gasteiger charge is 2.61. The zero-order valence-corrected chi connectivity index (χ0v) is 62.5. The van der Waals surface area contributed by atoms with Crippen molar-refractivity contribution in [2.24, 2.45) is 86.8 Å². The summed E-state index contributed by atoms with van der Waals surface area (Å²) < 4.78 is 22.5. The fourth-order valence-electron chi connectivity index (χ4n) is 21.5. The smallest absolute Gasteiger partial charge is 0.245 e. The Hall–Kier alpha value is -3.98. The molecule has 0 bridgehead atoms. The van der Waals surface area contributed by atoms with Gasteiger partial charge in [-0.3, -0.25) is 28.8 Å². The first-order valence-electron chi connectivity index (χ1n) is 39.9. The Morgan fingerprint density at radius 3 is 1.41 bits per heavy atom. The monoisotopic (exact) mass is 1390 g/mol. The minimum atomic E-state index is -0.413. The van der Waals surface area contributed by atoms with Crippen LogP contribution in [0.25, 0.3) is 0 Å². The Bertz CT molecular complexity index is 2620. The Morgan fingerprint density at radius 2 is 0.929 bits per heavy atom. The first kappa shape index (κ1) is 80.7. The lowest BCUT2D eigenvalue weighted by molar-refractivity contribution is -0.127. The minimum Gasteiger partial charge on any atom is -0.396 e. The standard InChI is InChI=1S/C80H136N6O13/c1-8-14-57(52-87)15-9-11-38-81-74(93)51-60(16-10-12-39-82-75(94)53-98-47-45-96-43-41-84-71(90)28-18-55(2)65-24-26-67-63-22-20-58-49-61(88)30-34-77(58,4)69(63)32-36-79(65,67)6)86-73(92)17-13-40-83-76(95)54-99-48-46-97-44-42-85-72(91)29-19-56(3)66-25-27-68-64-23-21-59-50-62(89)31-35-78(59,5)70(64)33-37-80(66,68)7/h20-21,55-57,60-70,87-89H,8-19,22-54H2,1-7H3,(H,81,93)(H,82,94)(H,83,95)(H,84,90)(H,85,91)(H,86,92)/t55?,56?,57?,60-,61-,62-,63?,64?,65+,66+,67?,68?,69?,70?,77-,78-,79+,80+/m0/s1. The van der Waals surface area contributed by atoms with E-state index < -0.39 is 6.04 Å². The molecule has 6 amide bonds. The van der Waals surface area contributed by atoms with Crippen LogP contribution in [0.5, 0.6) is 0 Å². The molecular weight excluding hydrogens is 1250 g/mol. The second-order valence-electron chi connectivity index (χ2n) is 33.3. The van der Waals surface area contributed by atoms with E-state index in [4.69, 9.17) is 18.9 Å². The molecule has 0 aromatic heterocycles. The van der Waals surface area contributed by atoms with Crippen LogP contribution in [0.15, 0.2) is 23.3 Å². The molecule has 18 atom stereocenters. The highest BCUT2D eigenvalue weighted by atomic mass is 16.5. The predicted octanol–water partition coefficient (Wildman–Crippen LogP) is 10.8. The Kier molecular flexibility index (Phi) is 32.4. The largest absolute Gasteiger partial charge is 0.396 e. The number of amides is 6. The molecule has 0 heterocycles. The summed E-state index contributed by atoms with van der Waals surface area (Å²) in [6, 6.07) is -0.413. The molecule has 19 heteroatoms. The number of carbonyl (C=O) groups is 6. The average Bonchev–Trinajstić information content (AvgIpc) is 1.70. The maximum Gasteiger partial charge on any atom is 0.245 e. The van der Waals surface area contributed by atoms with E-state index in [-0.39, 0.29) is 123 Å². The highest BCUT2D eigenvalue weighted by Crippen LogP contribution is 2.69. The van der Waals surface area contributed by atoms with Crippen LogP contribution in [0.2, 0.25) is 0 Å². The molecule has 19 nitrogen and oxygen atoms in total. The Morgan fingerprint density at radius 1 is 0.475 bits per heavy atom. The molecule has 0 saturated heterocycles. The first-order chi connectivity index (χ1) is 47.6. The van der Waals surface area contributed by atoms with Gasteiger partial charge in [0.25, 0.3) is 0 Å². The molecule has 6 saturated carbocycles. The summed E-state index contributed by atoms with van der Waals surface area (Å²) in [6.45, 7) is 20.7. The van der Waals surface area contributed by atoms with Crippen molar-refractivity contribution in [3.63, 3.8) is 0 Å². The second-order valence-corrected chi connectivity index (χ2v) is 33.3. The fraction of sp³-hybridized carbons (Fsp3) is 0.875. The van der Waals surface area contributed by atoms with Crippen molar-refractivity contribution in [2.45, 2.75) is 266 Å². The van der Waals surface area contributed by atoms with Gasteiger partial charge in [-0.2, -0.15) is 0 Å². The zero-order valence-electron chi connectivity index (χ0n) is 62.5. The quantitative estimate of drug-likeness (QED) is 0.0203. The third-order valence-electron chi connectivity index (χ3n) is 27.0. The van der Waals surface area contributed by atoms with Gasteiger partial charge >= 0.3 is 0 Å². The molecule has 0 spiro atoms. The van der Waals surface area contributed by atoms with E-state index in [1.165, 1.54) is 68.9 Å². The van der Waals surface area contributed by atoms with Crippen LogP contribution in [-0.2, 0) is 47.7 Å². The van der Waals surface area contributed by atoms with Gasteiger partial charge in [-0.25, -0.2) is 0 Å². The van der Waals surface area contributed by atoms with Gasteiger partial charge in [0, 0.05) is 71.1 Å². The lowest BCUT2D eigenvalue weighted by atomic mass is 9.47. The molecule has 564 valence electrons. The van der Waals surface area contributed by atoms with Gasteiger partial charge in [0.15, 0.2) is 0 Å². The molecule has 9 unspecified atom stereocenters. The van der Waals surface area contributed by atoms with E-state index in [2.05, 4.69) is 92.5 Å². The number of ether oxygens (including phenoxy) is 4. The maximum absolute atomic E-state index is 13.2. The van der Waals surface area contributed by atoms with E-state index >= 15 is 0 Å². The van der Waals surface area contributed by atoms with Crippen molar-refractivity contribution in [2.75, 3.05) is 92.2 Å². The number of carbonyl (C=O) groups excluding carboxylic acids is 6.